The number of nitrogens with zero attached hydrogens (tertiary/aromatic N) is 1. The van der Waals surface area contributed by atoms with Gasteiger partial charge in [0, 0.05) is 15.3 Å². The Kier molecular flexibility index (Phi) is 4.37. The molecule has 15 heavy (non-hydrogen) atoms. The number of aromatic nitrogens is 1. The van der Waals surface area contributed by atoms with Crippen molar-refractivity contribution in [2.45, 2.75) is 12.8 Å². The standard InChI is InChI=1S/C9H8F2INO2/c1-15-8(14)3-5-2-7(12)6(4-13-5)9(10)11/h2,4,9H,3H2,1H3. The van der Waals surface area contributed by atoms with E-state index in [1.807, 2.05) is 0 Å². The van der Waals surface area contributed by atoms with Crippen LogP contribution in [0.2, 0.25) is 0 Å². The van der Waals surface area contributed by atoms with E-state index < -0.39 is 12.4 Å². The molecule has 0 radical (unpaired) electrons. The Bertz CT molecular complexity index is 371. The number of halogens is 3. The summed E-state index contributed by atoms with van der Waals surface area (Å²) in [7, 11) is 1.26. The van der Waals surface area contributed by atoms with Gasteiger partial charge in [0.1, 0.15) is 0 Å². The number of ether oxygens (including phenoxy) is 1. The molecule has 0 amide bonds. The maximum Gasteiger partial charge on any atom is 0.311 e. The highest BCUT2D eigenvalue weighted by molar-refractivity contribution is 14.1. The van der Waals surface area contributed by atoms with Gasteiger partial charge in [-0.1, -0.05) is 0 Å². The minimum absolute atomic E-state index is 0.00395. The third-order valence-electron chi connectivity index (χ3n) is 1.73. The van der Waals surface area contributed by atoms with Gasteiger partial charge in [-0.05, 0) is 28.7 Å². The molecular weight excluding hydrogens is 319 g/mol. The largest absolute Gasteiger partial charge is 0.469 e. The quantitative estimate of drug-likeness (QED) is 0.632. The topological polar surface area (TPSA) is 39.2 Å². The van der Waals surface area contributed by atoms with Crippen LogP contribution in [0.1, 0.15) is 17.7 Å². The summed E-state index contributed by atoms with van der Waals surface area (Å²) in [5.41, 5.74) is 0.305. The first-order valence-corrected chi connectivity index (χ1v) is 5.11. The fraction of sp³-hybridized carbons (Fsp3) is 0.333. The molecular formula is C9H8F2INO2. The molecule has 0 aliphatic rings. The first-order chi connectivity index (χ1) is 7.04. The van der Waals surface area contributed by atoms with Crippen molar-refractivity contribution in [3.8, 4) is 0 Å². The summed E-state index contributed by atoms with van der Waals surface area (Å²) in [6.07, 6.45) is -1.46. The van der Waals surface area contributed by atoms with Gasteiger partial charge in [0.25, 0.3) is 6.43 Å². The number of hydrogen-bond donors (Lipinski definition) is 0. The summed E-state index contributed by atoms with van der Waals surface area (Å²) in [6, 6.07) is 1.46. The molecule has 3 nitrogen and oxygen atoms in total. The smallest absolute Gasteiger partial charge is 0.311 e. The molecule has 0 saturated heterocycles. The van der Waals surface area contributed by atoms with Crippen LogP contribution in [-0.2, 0) is 16.0 Å². The Morgan fingerprint density at radius 1 is 1.67 bits per heavy atom. The van der Waals surface area contributed by atoms with Crippen molar-refractivity contribution in [3.63, 3.8) is 0 Å². The number of carbonyl (C=O) groups excluding carboxylic acids is 1. The van der Waals surface area contributed by atoms with Crippen molar-refractivity contribution in [1.82, 2.24) is 4.98 Å². The molecule has 1 aromatic heterocycles. The van der Waals surface area contributed by atoms with Gasteiger partial charge in [-0.3, -0.25) is 9.78 Å². The van der Waals surface area contributed by atoms with Crippen LogP contribution in [0.25, 0.3) is 0 Å². The third kappa shape index (κ3) is 3.37. The molecule has 0 aliphatic heterocycles. The van der Waals surface area contributed by atoms with Crippen molar-refractivity contribution in [3.05, 3.63) is 27.1 Å². The van der Waals surface area contributed by atoms with Gasteiger partial charge in [0.15, 0.2) is 0 Å². The lowest BCUT2D eigenvalue weighted by molar-refractivity contribution is -0.139. The summed E-state index contributed by atoms with van der Waals surface area (Å²) in [4.78, 5) is 14.7. The molecule has 1 rings (SSSR count). The molecule has 0 aliphatic carbocycles. The monoisotopic (exact) mass is 327 g/mol. The molecule has 0 atom stereocenters. The van der Waals surface area contributed by atoms with Crippen molar-refractivity contribution in [1.29, 1.82) is 0 Å². The average molecular weight is 327 g/mol. The lowest BCUT2D eigenvalue weighted by Gasteiger charge is -2.04. The number of hydrogen-bond acceptors (Lipinski definition) is 3. The zero-order chi connectivity index (χ0) is 11.4. The molecule has 6 heteroatoms. The molecule has 0 unspecified atom stereocenters. The lowest BCUT2D eigenvalue weighted by atomic mass is 10.2. The molecule has 1 aromatic rings. The van der Waals surface area contributed by atoms with E-state index in [0.717, 1.165) is 6.20 Å². The number of methoxy groups -OCH3 is 1. The van der Waals surface area contributed by atoms with Gasteiger partial charge in [-0.15, -0.1) is 0 Å². The van der Waals surface area contributed by atoms with Crippen LogP contribution < -0.4 is 0 Å². The zero-order valence-corrected chi connectivity index (χ0v) is 9.99. The predicted molar refractivity (Wildman–Crippen MR) is 57.6 cm³/mol. The van der Waals surface area contributed by atoms with E-state index in [0.29, 0.717) is 9.26 Å². The van der Waals surface area contributed by atoms with Crippen molar-refractivity contribution < 1.29 is 18.3 Å². The third-order valence-corrected chi connectivity index (χ3v) is 2.66. The minimum Gasteiger partial charge on any atom is -0.469 e. The number of esters is 1. The van der Waals surface area contributed by atoms with Crippen molar-refractivity contribution in [2.75, 3.05) is 7.11 Å². The SMILES string of the molecule is COC(=O)Cc1cc(I)c(C(F)F)cn1. The molecule has 0 bridgehead atoms. The Balaban J connectivity index is 2.87. The first kappa shape index (κ1) is 12.3. The second kappa shape index (κ2) is 5.34. The van der Waals surface area contributed by atoms with E-state index in [-0.39, 0.29) is 12.0 Å². The molecule has 0 saturated carbocycles. The van der Waals surface area contributed by atoms with Gasteiger partial charge in [0.2, 0.25) is 0 Å². The maximum absolute atomic E-state index is 12.4. The van der Waals surface area contributed by atoms with Gasteiger partial charge >= 0.3 is 5.97 Å². The molecule has 1 heterocycles. The summed E-state index contributed by atoms with van der Waals surface area (Å²) in [5, 5.41) is 0. The summed E-state index contributed by atoms with van der Waals surface area (Å²) in [5.74, 6) is -0.442. The van der Waals surface area contributed by atoms with E-state index in [4.69, 9.17) is 0 Å². The van der Waals surface area contributed by atoms with E-state index in [1.54, 1.807) is 22.6 Å². The number of carbonyl (C=O) groups is 1. The van der Waals surface area contributed by atoms with Gasteiger partial charge in [-0.25, -0.2) is 8.78 Å². The average Bonchev–Trinajstić information content (AvgIpc) is 2.17. The van der Waals surface area contributed by atoms with Crippen LogP contribution in [-0.4, -0.2) is 18.1 Å². The Morgan fingerprint density at radius 2 is 2.33 bits per heavy atom. The fourth-order valence-electron chi connectivity index (χ4n) is 0.958. The highest BCUT2D eigenvalue weighted by atomic mass is 127. The van der Waals surface area contributed by atoms with Crippen LogP contribution in [0.5, 0.6) is 0 Å². The first-order valence-electron chi connectivity index (χ1n) is 4.04. The van der Waals surface area contributed by atoms with E-state index in [2.05, 4.69) is 9.72 Å². The van der Waals surface area contributed by atoms with Gasteiger partial charge in [-0.2, -0.15) is 0 Å². The van der Waals surface area contributed by atoms with Crippen LogP contribution in [0, 0.1) is 3.57 Å². The number of rotatable bonds is 3. The highest BCUT2D eigenvalue weighted by Gasteiger charge is 2.13. The summed E-state index contributed by atoms with van der Waals surface area (Å²) >= 11 is 1.79. The maximum atomic E-state index is 12.4. The number of pyridine rings is 1. The highest BCUT2D eigenvalue weighted by Crippen LogP contribution is 2.23. The van der Waals surface area contributed by atoms with Crippen molar-refractivity contribution in [2.24, 2.45) is 0 Å². The van der Waals surface area contributed by atoms with Crippen LogP contribution >= 0.6 is 22.6 Å². The number of alkyl halides is 2. The van der Waals surface area contributed by atoms with Crippen LogP contribution in [0.4, 0.5) is 8.78 Å². The summed E-state index contributed by atoms with van der Waals surface area (Å²) < 4.78 is 29.5. The van der Waals surface area contributed by atoms with E-state index in [9.17, 15) is 13.6 Å². The molecule has 0 spiro atoms. The Morgan fingerprint density at radius 3 is 2.80 bits per heavy atom. The van der Waals surface area contributed by atoms with Crippen LogP contribution in [0.15, 0.2) is 12.3 Å². The lowest BCUT2D eigenvalue weighted by Crippen LogP contribution is -2.07. The molecule has 0 fully saturated rings. The van der Waals surface area contributed by atoms with Gasteiger partial charge in [0.05, 0.1) is 19.2 Å². The minimum atomic E-state index is -2.54. The van der Waals surface area contributed by atoms with Crippen LogP contribution in [0.3, 0.4) is 0 Å². The molecule has 0 N–H and O–H groups in total. The normalized spacial score (nSPS) is 10.5. The Labute approximate surface area is 99.0 Å². The molecule has 82 valence electrons. The van der Waals surface area contributed by atoms with E-state index in [1.165, 1.54) is 13.2 Å². The predicted octanol–water partition coefficient (Wildman–Crippen LogP) is 2.34. The fourth-order valence-corrected chi connectivity index (χ4v) is 1.69. The van der Waals surface area contributed by atoms with Gasteiger partial charge < -0.3 is 4.74 Å². The van der Waals surface area contributed by atoms with Crippen molar-refractivity contribution >= 4 is 28.6 Å². The second-order valence-corrected chi connectivity index (χ2v) is 3.91. The van der Waals surface area contributed by atoms with E-state index >= 15 is 0 Å². The summed E-state index contributed by atoms with van der Waals surface area (Å²) in [6.45, 7) is 0. The second-order valence-electron chi connectivity index (χ2n) is 2.75. The Hall–Kier alpha value is -0.790. The zero-order valence-electron chi connectivity index (χ0n) is 7.84. The molecule has 0 aromatic carbocycles.